The number of benzene rings is 2. The van der Waals surface area contributed by atoms with Gasteiger partial charge in [-0.15, -0.1) is 0 Å². The molecule has 2 aromatic rings. The zero-order valence-electron chi connectivity index (χ0n) is 12.3. The lowest BCUT2D eigenvalue weighted by molar-refractivity contribution is 0.550. The van der Waals surface area contributed by atoms with Crippen molar-refractivity contribution in [2.45, 2.75) is 32.7 Å². The van der Waals surface area contributed by atoms with E-state index < -0.39 is 0 Å². The molecular formula is C18H24N2. The Morgan fingerprint density at radius 1 is 0.900 bits per heavy atom. The fourth-order valence-electron chi connectivity index (χ4n) is 2.53. The molecule has 0 aliphatic rings. The van der Waals surface area contributed by atoms with E-state index in [2.05, 4.69) is 67.8 Å². The maximum absolute atomic E-state index is 5.75. The molecule has 0 aliphatic carbocycles. The minimum absolute atomic E-state index is 0.157. The van der Waals surface area contributed by atoms with Gasteiger partial charge in [-0.1, -0.05) is 68.4 Å². The number of hydrogen-bond donors (Lipinski definition) is 2. The summed E-state index contributed by atoms with van der Waals surface area (Å²) in [5.41, 5.74) is 6.88. The molecule has 106 valence electrons. The number of hydrogen-bond acceptors (Lipinski definition) is 2. The second kappa shape index (κ2) is 7.22. The van der Waals surface area contributed by atoms with Gasteiger partial charge in [0.05, 0.1) is 0 Å². The van der Waals surface area contributed by atoms with Crippen molar-refractivity contribution in [3.05, 3.63) is 71.3 Å². The molecule has 2 nitrogen and oxygen atoms in total. The van der Waals surface area contributed by atoms with E-state index in [1.54, 1.807) is 0 Å². The van der Waals surface area contributed by atoms with Gasteiger partial charge in [-0.25, -0.2) is 0 Å². The van der Waals surface area contributed by atoms with Crippen LogP contribution in [0.15, 0.2) is 54.6 Å². The monoisotopic (exact) mass is 268 g/mol. The topological polar surface area (TPSA) is 38.0 Å². The first-order valence-corrected chi connectivity index (χ1v) is 7.28. The minimum atomic E-state index is 0.157. The molecule has 2 rings (SSSR count). The second-order valence-corrected chi connectivity index (χ2v) is 5.75. The second-order valence-electron chi connectivity index (χ2n) is 5.75. The zero-order valence-corrected chi connectivity index (χ0v) is 12.3. The Kier molecular flexibility index (Phi) is 5.33. The van der Waals surface area contributed by atoms with Gasteiger partial charge < -0.3 is 0 Å². The number of hydrazine groups is 1. The molecule has 20 heavy (non-hydrogen) atoms. The van der Waals surface area contributed by atoms with Gasteiger partial charge in [0.1, 0.15) is 0 Å². The Morgan fingerprint density at radius 2 is 1.60 bits per heavy atom. The summed E-state index contributed by atoms with van der Waals surface area (Å²) in [6.45, 7) is 4.49. The summed E-state index contributed by atoms with van der Waals surface area (Å²) in [6.07, 6.45) is 2.01. The summed E-state index contributed by atoms with van der Waals surface area (Å²) < 4.78 is 0. The molecule has 0 bridgehead atoms. The van der Waals surface area contributed by atoms with Crippen LogP contribution < -0.4 is 11.3 Å². The molecule has 0 aromatic heterocycles. The van der Waals surface area contributed by atoms with E-state index in [9.17, 15) is 0 Å². The summed E-state index contributed by atoms with van der Waals surface area (Å²) in [5.74, 6) is 6.42. The Hall–Kier alpha value is -1.64. The minimum Gasteiger partial charge on any atom is -0.271 e. The maximum Gasteiger partial charge on any atom is 0.0500 e. The van der Waals surface area contributed by atoms with Crippen molar-refractivity contribution < 1.29 is 0 Å². The van der Waals surface area contributed by atoms with Crippen LogP contribution in [0.2, 0.25) is 0 Å². The van der Waals surface area contributed by atoms with Crippen LogP contribution in [0.1, 0.15) is 36.6 Å². The average molecular weight is 268 g/mol. The molecule has 0 fully saturated rings. The third-order valence-electron chi connectivity index (χ3n) is 3.48. The van der Waals surface area contributed by atoms with Crippen molar-refractivity contribution in [3.8, 4) is 0 Å². The summed E-state index contributed by atoms with van der Waals surface area (Å²) in [6, 6.07) is 19.4. The Labute approximate surface area is 122 Å². The zero-order chi connectivity index (χ0) is 14.4. The summed E-state index contributed by atoms with van der Waals surface area (Å²) >= 11 is 0. The normalized spacial score (nSPS) is 12.6. The molecule has 0 spiro atoms. The Balaban J connectivity index is 2.15. The largest absolute Gasteiger partial charge is 0.271 e. The van der Waals surface area contributed by atoms with Crippen LogP contribution >= 0.6 is 0 Å². The van der Waals surface area contributed by atoms with Gasteiger partial charge in [-0.05, 0) is 35.4 Å². The van der Waals surface area contributed by atoms with Crippen LogP contribution in [0, 0.1) is 5.92 Å². The Bertz CT molecular complexity index is 520. The van der Waals surface area contributed by atoms with Crippen molar-refractivity contribution in [1.82, 2.24) is 5.43 Å². The van der Waals surface area contributed by atoms with Crippen LogP contribution in [0.5, 0.6) is 0 Å². The summed E-state index contributed by atoms with van der Waals surface area (Å²) in [5, 5.41) is 0. The van der Waals surface area contributed by atoms with Crippen LogP contribution in [-0.4, -0.2) is 0 Å². The Morgan fingerprint density at radius 3 is 2.25 bits per heavy atom. The average Bonchev–Trinajstić information content (AvgIpc) is 2.45. The number of nitrogens with one attached hydrogen (secondary N) is 1. The third kappa shape index (κ3) is 4.19. The SMILES string of the molecule is CC(C)Cc1cccc(C(Cc2ccccc2)NN)c1. The summed E-state index contributed by atoms with van der Waals surface area (Å²) in [7, 11) is 0. The van der Waals surface area contributed by atoms with E-state index in [1.165, 1.54) is 16.7 Å². The molecule has 0 heterocycles. The van der Waals surface area contributed by atoms with Gasteiger partial charge in [-0.3, -0.25) is 11.3 Å². The molecule has 2 heteroatoms. The predicted octanol–water partition coefficient (Wildman–Crippen LogP) is 3.63. The number of nitrogens with two attached hydrogens (primary N) is 1. The van der Waals surface area contributed by atoms with E-state index in [0.29, 0.717) is 5.92 Å². The van der Waals surface area contributed by atoms with Crippen LogP contribution in [-0.2, 0) is 12.8 Å². The molecule has 0 saturated carbocycles. The standard InChI is InChI=1S/C18H24N2/c1-14(2)11-16-9-6-10-17(12-16)18(20-19)13-15-7-4-3-5-8-15/h3-10,12,14,18,20H,11,13,19H2,1-2H3. The van der Waals surface area contributed by atoms with E-state index in [0.717, 1.165) is 12.8 Å². The van der Waals surface area contributed by atoms with Crippen LogP contribution in [0.3, 0.4) is 0 Å². The van der Waals surface area contributed by atoms with E-state index >= 15 is 0 Å². The molecular weight excluding hydrogens is 244 g/mol. The highest BCUT2D eigenvalue weighted by molar-refractivity contribution is 5.28. The molecule has 0 aliphatic heterocycles. The first-order chi connectivity index (χ1) is 9.69. The van der Waals surface area contributed by atoms with Gasteiger partial charge in [0.25, 0.3) is 0 Å². The fraction of sp³-hybridized carbons (Fsp3) is 0.333. The van der Waals surface area contributed by atoms with Crippen molar-refractivity contribution in [1.29, 1.82) is 0 Å². The van der Waals surface area contributed by atoms with Crippen molar-refractivity contribution in [3.63, 3.8) is 0 Å². The van der Waals surface area contributed by atoms with Crippen LogP contribution in [0.4, 0.5) is 0 Å². The highest BCUT2D eigenvalue weighted by atomic mass is 15.2. The molecule has 0 radical (unpaired) electrons. The predicted molar refractivity (Wildman–Crippen MR) is 85.2 cm³/mol. The molecule has 1 unspecified atom stereocenters. The molecule has 2 aromatic carbocycles. The first kappa shape index (κ1) is 14.8. The lowest BCUT2D eigenvalue weighted by Gasteiger charge is -2.18. The van der Waals surface area contributed by atoms with Crippen molar-refractivity contribution in [2.24, 2.45) is 11.8 Å². The van der Waals surface area contributed by atoms with Crippen LogP contribution in [0.25, 0.3) is 0 Å². The molecule has 1 atom stereocenters. The summed E-state index contributed by atoms with van der Waals surface area (Å²) in [4.78, 5) is 0. The van der Waals surface area contributed by atoms with E-state index in [4.69, 9.17) is 5.84 Å². The first-order valence-electron chi connectivity index (χ1n) is 7.28. The van der Waals surface area contributed by atoms with E-state index in [-0.39, 0.29) is 6.04 Å². The number of rotatable bonds is 6. The third-order valence-corrected chi connectivity index (χ3v) is 3.48. The quantitative estimate of drug-likeness (QED) is 0.620. The highest BCUT2D eigenvalue weighted by Crippen LogP contribution is 2.20. The molecule has 0 saturated heterocycles. The van der Waals surface area contributed by atoms with Gasteiger partial charge in [-0.2, -0.15) is 0 Å². The van der Waals surface area contributed by atoms with E-state index in [1.807, 2.05) is 6.07 Å². The maximum atomic E-state index is 5.75. The molecule has 3 N–H and O–H groups in total. The van der Waals surface area contributed by atoms with Gasteiger partial charge in [0.15, 0.2) is 0 Å². The lowest BCUT2D eigenvalue weighted by atomic mass is 9.95. The van der Waals surface area contributed by atoms with Gasteiger partial charge in [0, 0.05) is 6.04 Å². The van der Waals surface area contributed by atoms with Gasteiger partial charge >= 0.3 is 0 Å². The van der Waals surface area contributed by atoms with Gasteiger partial charge in [0.2, 0.25) is 0 Å². The molecule has 0 amide bonds. The van der Waals surface area contributed by atoms with Crippen molar-refractivity contribution >= 4 is 0 Å². The van der Waals surface area contributed by atoms with Crippen molar-refractivity contribution in [2.75, 3.05) is 0 Å². The fourth-order valence-corrected chi connectivity index (χ4v) is 2.53. The smallest absolute Gasteiger partial charge is 0.0500 e. The highest BCUT2D eigenvalue weighted by Gasteiger charge is 2.11. The lowest BCUT2D eigenvalue weighted by Crippen LogP contribution is -2.29.